The lowest BCUT2D eigenvalue weighted by Crippen LogP contribution is -2.35. The van der Waals surface area contributed by atoms with Crippen LogP contribution in [0, 0.1) is 0 Å². The van der Waals surface area contributed by atoms with Crippen molar-refractivity contribution in [2.75, 3.05) is 5.75 Å². The Kier molecular flexibility index (Phi) is 5.32. The molecule has 0 radical (unpaired) electrons. The molecule has 0 aromatic heterocycles. The summed E-state index contributed by atoms with van der Waals surface area (Å²) in [5.41, 5.74) is -2.16. The zero-order valence-corrected chi connectivity index (χ0v) is 12.4. The van der Waals surface area contributed by atoms with Crippen molar-refractivity contribution < 1.29 is 36.1 Å². The van der Waals surface area contributed by atoms with Crippen LogP contribution in [0.25, 0.3) is 0 Å². The molecule has 1 aromatic carbocycles. The molecule has 1 aromatic rings. The van der Waals surface area contributed by atoms with E-state index in [2.05, 4.69) is 0 Å². The molecule has 0 aliphatic carbocycles. The molecule has 0 bridgehead atoms. The summed E-state index contributed by atoms with van der Waals surface area (Å²) in [4.78, 5) is 10.3. The Morgan fingerprint density at radius 1 is 1.18 bits per heavy atom. The van der Waals surface area contributed by atoms with E-state index in [1.807, 2.05) is 0 Å². The van der Waals surface area contributed by atoms with Crippen LogP contribution in [0.1, 0.15) is 35.3 Å². The predicted molar refractivity (Wildman–Crippen MR) is 69.7 cm³/mol. The summed E-state index contributed by atoms with van der Waals surface area (Å²) >= 11 is 0. The third-order valence-electron chi connectivity index (χ3n) is 3.03. The monoisotopic (exact) mass is 344 g/mol. The summed E-state index contributed by atoms with van der Waals surface area (Å²) in [5, 5.41) is 9.02. The van der Waals surface area contributed by atoms with E-state index in [0.29, 0.717) is 12.1 Å². The fourth-order valence-electron chi connectivity index (χ4n) is 1.98. The van der Waals surface area contributed by atoms with Crippen LogP contribution in [-0.4, -0.2) is 27.2 Å². The number of carboxylic acids is 1. The van der Waals surface area contributed by atoms with Gasteiger partial charge in [-0.05, 0) is 18.1 Å². The number of hydrogen-bond acceptors (Lipinski definition) is 2. The molecule has 0 saturated heterocycles. The van der Waals surface area contributed by atoms with E-state index in [0.717, 1.165) is 0 Å². The summed E-state index contributed by atoms with van der Waals surface area (Å²) in [6.07, 6.45) is -6.00. The topological polar surface area (TPSA) is 54.4 Å². The van der Waals surface area contributed by atoms with Gasteiger partial charge in [0.1, 0.15) is 0 Å². The number of rotatable bonds is 5. The Hall–Kier alpha value is -1.51. The van der Waals surface area contributed by atoms with Crippen molar-refractivity contribution in [2.24, 2.45) is 0 Å². The molecular weight excluding hydrogens is 331 g/mol. The number of alkyl halides is 5. The first-order valence-electron chi connectivity index (χ1n) is 6.21. The molecule has 1 rings (SSSR count). The van der Waals surface area contributed by atoms with Crippen LogP contribution < -0.4 is 0 Å². The molecular formula is C13H13F5O3S. The van der Waals surface area contributed by atoms with Crippen molar-refractivity contribution in [3.63, 3.8) is 0 Å². The summed E-state index contributed by atoms with van der Waals surface area (Å²) in [7, 11) is -2.16. The normalized spacial score (nSPS) is 14.0. The number of hydrogen-bond donors (Lipinski definition) is 1. The first-order valence-corrected chi connectivity index (χ1v) is 7.53. The molecule has 3 nitrogen and oxygen atoms in total. The van der Waals surface area contributed by atoms with Gasteiger partial charge in [-0.15, -0.1) is 0 Å². The average Bonchev–Trinajstić information content (AvgIpc) is 2.43. The van der Waals surface area contributed by atoms with Crippen LogP contribution in [0.4, 0.5) is 22.0 Å². The molecule has 0 heterocycles. The SMILES string of the molecule is CCc1c(C(=O)O)ccc(C(F)(F)C(F)(F)F)c1[S@@](=O)CC. The molecule has 0 unspecified atom stereocenters. The van der Waals surface area contributed by atoms with Gasteiger partial charge in [-0.3, -0.25) is 4.21 Å². The fourth-order valence-corrected chi connectivity index (χ4v) is 3.24. The zero-order chi connectivity index (χ0) is 17.3. The molecule has 1 atom stereocenters. The minimum atomic E-state index is -5.87. The minimum absolute atomic E-state index is 0.134. The molecule has 0 fully saturated rings. The summed E-state index contributed by atoms with van der Waals surface area (Å²) < 4.78 is 77.1. The lowest BCUT2D eigenvalue weighted by molar-refractivity contribution is -0.290. The van der Waals surface area contributed by atoms with Crippen molar-refractivity contribution in [3.8, 4) is 0 Å². The van der Waals surface area contributed by atoms with Crippen molar-refractivity contribution >= 4 is 16.8 Å². The van der Waals surface area contributed by atoms with E-state index in [1.165, 1.54) is 13.8 Å². The second-order valence-electron chi connectivity index (χ2n) is 4.33. The summed E-state index contributed by atoms with van der Waals surface area (Å²) in [6, 6.07) is 1.07. The van der Waals surface area contributed by atoms with Gasteiger partial charge in [0.25, 0.3) is 0 Å². The van der Waals surface area contributed by atoms with Crippen molar-refractivity contribution in [3.05, 3.63) is 28.8 Å². The number of halogens is 5. The van der Waals surface area contributed by atoms with E-state index in [-0.39, 0.29) is 17.7 Å². The highest BCUT2D eigenvalue weighted by atomic mass is 32.2. The third kappa shape index (κ3) is 3.13. The van der Waals surface area contributed by atoms with E-state index >= 15 is 0 Å². The van der Waals surface area contributed by atoms with Crippen LogP contribution in [0.3, 0.4) is 0 Å². The van der Waals surface area contributed by atoms with Crippen LogP contribution in [0.5, 0.6) is 0 Å². The average molecular weight is 344 g/mol. The maximum atomic E-state index is 13.7. The van der Waals surface area contributed by atoms with Gasteiger partial charge in [-0.1, -0.05) is 19.9 Å². The summed E-state index contributed by atoms with van der Waals surface area (Å²) in [5.74, 6) is -6.90. The first-order chi connectivity index (χ1) is 9.98. The van der Waals surface area contributed by atoms with Crippen LogP contribution in [0.15, 0.2) is 17.0 Å². The van der Waals surface area contributed by atoms with Crippen molar-refractivity contribution in [2.45, 2.75) is 37.3 Å². The molecule has 0 saturated carbocycles. The number of benzene rings is 1. The maximum absolute atomic E-state index is 13.7. The molecule has 9 heteroatoms. The lowest BCUT2D eigenvalue weighted by atomic mass is 9.98. The Bertz CT molecular complexity index is 610. The van der Waals surface area contributed by atoms with E-state index in [1.54, 1.807) is 0 Å². The highest BCUT2D eigenvalue weighted by molar-refractivity contribution is 7.85. The van der Waals surface area contributed by atoms with Gasteiger partial charge in [0.15, 0.2) is 0 Å². The Labute approximate surface area is 125 Å². The van der Waals surface area contributed by atoms with Crippen LogP contribution >= 0.6 is 0 Å². The number of aromatic carboxylic acids is 1. The molecule has 0 aliphatic heterocycles. The second-order valence-corrected chi connectivity index (χ2v) is 6.01. The van der Waals surface area contributed by atoms with E-state index in [4.69, 9.17) is 5.11 Å². The van der Waals surface area contributed by atoms with Crippen LogP contribution in [-0.2, 0) is 23.1 Å². The third-order valence-corrected chi connectivity index (χ3v) is 4.47. The highest BCUT2D eigenvalue weighted by Gasteiger charge is 2.60. The Morgan fingerprint density at radius 2 is 1.73 bits per heavy atom. The smallest absolute Gasteiger partial charge is 0.458 e. The second kappa shape index (κ2) is 6.31. The van der Waals surface area contributed by atoms with Crippen molar-refractivity contribution in [1.82, 2.24) is 0 Å². The van der Waals surface area contributed by atoms with E-state index in [9.17, 15) is 31.0 Å². The van der Waals surface area contributed by atoms with E-state index < -0.39 is 44.9 Å². The van der Waals surface area contributed by atoms with Gasteiger partial charge in [-0.25, -0.2) is 4.79 Å². The van der Waals surface area contributed by atoms with Gasteiger partial charge < -0.3 is 5.11 Å². The molecule has 124 valence electrons. The standard InChI is InChI=1S/C13H13F5O3S/c1-3-7-8(11(19)20)5-6-9(10(7)22(21)4-2)12(14,15)13(16,17)18/h5-6H,3-4H2,1-2H3,(H,19,20)/t22-/m0/s1. The van der Waals surface area contributed by atoms with Gasteiger partial charge in [0.2, 0.25) is 0 Å². The Morgan fingerprint density at radius 3 is 2.09 bits per heavy atom. The largest absolute Gasteiger partial charge is 0.478 e. The first kappa shape index (κ1) is 18.5. The molecule has 0 aliphatic rings. The van der Waals surface area contributed by atoms with Gasteiger partial charge >= 0.3 is 18.1 Å². The quantitative estimate of drug-likeness (QED) is 0.828. The van der Waals surface area contributed by atoms with Crippen molar-refractivity contribution in [1.29, 1.82) is 0 Å². The zero-order valence-electron chi connectivity index (χ0n) is 11.6. The number of carbonyl (C=O) groups is 1. The Balaban J connectivity index is 3.81. The summed E-state index contributed by atoms with van der Waals surface area (Å²) in [6.45, 7) is 2.74. The molecule has 0 spiro atoms. The molecule has 1 N–H and O–H groups in total. The molecule has 0 amide bonds. The van der Waals surface area contributed by atoms with Gasteiger partial charge in [-0.2, -0.15) is 22.0 Å². The van der Waals surface area contributed by atoms with Crippen LogP contribution in [0.2, 0.25) is 0 Å². The van der Waals surface area contributed by atoms with Gasteiger partial charge in [0.05, 0.1) is 21.3 Å². The maximum Gasteiger partial charge on any atom is 0.458 e. The lowest BCUT2D eigenvalue weighted by Gasteiger charge is -2.24. The highest BCUT2D eigenvalue weighted by Crippen LogP contribution is 2.46. The fraction of sp³-hybridized carbons (Fsp3) is 0.462. The minimum Gasteiger partial charge on any atom is -0.478 e. The predicted octanol–water partition coefficient (Wildman–Crippen LogP) is 3.73. The number of carboxylic acid groups (broad SMARTS) is 1. The molecule has 22 heavy (non-hydrogen) atoms. The van der Waals surface area contributed by atoms with Gasteiger partial charge in [0, 0.05) is 11.3 Å².